The lowest BCUT2D eigenvalue weighted by atomic mass is 10.3. The summed E-state index contributed by atoms with van der Waals surface area (Å²) < 4.78 is 38.9. The molecule has 0 aromatic carbocycles. The summed E-state index contributed by atoms with van der Waals surface area (Å²) in [6, 6.07) is 2.99. The molecule has 0 unspecified atom stereocenters. The summed E-state index contributed by atoms with van der Waals surface area (Å²) in [6.07, 6.45) is -2.11. The number of aromatic hydroxyl groups is 1. The lowest BCUT2D eigenvalue weighted by Gasteiger charge is -2.05. The third-order valence-electron chi connectivity index (χ3n) is 2.92. The SMILES string of the molecule is Oc1c2ccc(Cl)nc2c(Cl)n1-c1cnn(CC(F)(F)F)c1. The lowest BCUT2D eigenvalue weighted by Crippen LogP contribution is -2.17. The molecule has 0 bridgehead atoms. The predicted molar refractivity (Wildman–Crippen MR) is 74.6 cm³/mol. The highest BCUT2D eigenvalue weighted by atomic mass is 35.5. The molecule has 3 heterocycles. The molecule has 5 nitrogen and oxygen atoms in total. The van der Waals surface area contributed by atoms with Crippen molar-refractivity contribution in [1.29, 1.82) is 0 Å². The first-order valence-electron chi connectivity index (χ1n) is 5.91. The van der Waals surface area contributed by atoms with E-state index in [1.54, 1.807) is 0 Å². The number of rotatable bonds is 2. The Hall–Kier alpha value is -1.93. The number of hydrogen-bond donors (Lipinski definition) is 1. The van der Waals surface area contributed by atoms with Crippen molar-refractivity contribution in [3.8, 4) is 11.6 Å². The fraction of sp³-hybridized carbons (Fsp3) is 0.167. The van der Waals surface area contributed by atoms with Crippen LogP contribution in [0.2, 0.25) is 10.3 Å². The van der Waals surface area contributed by atoms with Crippen molar-refractivity contribution in [3.63, 3.8) is 0 Å². The van der Waals surface area contributed by atoms with Gasteiger partial charge < -0.3 is 5.11 Å². The van der Waals surface area contributed by atoms with E-state index in [1.807, 2.05) is 0 Å². The van der Waals surface area contributed by atoms with Crippen molar-refractivity contribution >= 4 is 34.1 Å². The molecule has 0 radical (unpaired) electrons. The molecule has 3 rings (SSSR count). The monoisotopic (exact) mass is 350 g/mol. The van der Waals surface area contributed by atoms with Crippen LogP contribution in [0.3, 0.4) is 0 Å². The second-order valence-corrected chi connectivity index (χ2v) is 5.24. The normalized spacial score (nSPS) is 12.2. The Kier molecular flexibility index (Phi) is 3.45. The minimum absolute atomic E-state index is 0.0292. The van der Waals surface area contributed by atoms with Crippen LogP contribution in [-0.2, 0) is 6.54 Å². The van der Waals surface area contributed by atoms with Gasteiger partial charge in [0.25, 0.3) is 0 Å². The summed E-state index contributed by atoms with van der Waals surface area (Å²) in [4.78, 5) is 3.99. The van der Waals surface area contributed by atoms with Gasteiger partial charge in [-0.25, -0.2) is 4.98 Å². The van der Waals surface area contributed by atoms with Crippen molar-refractivity contribution in [2.75, 3.05) is 0 Å². The first-order valence-corrected chi connectivity index (χ1v) is 6.67. The van der Waals surface area contributed by atoms with Crippen LogP contribution < -0.4 is 0 Å². The van der Waals surface area contributed by atoms with Gasteiger partial charge in [0.15, 0.2) is 0 Å². The Balaban J connectivity index is 2.11. The number of aromatic nitrogens is 4. The van der Waals surface area contributed by atoms with Crippen molar-refractivity contribution < 1.29 is 18.3 Å². The van der Waals surface area contributed by atoms with E-state index in [2.05, 4.69) is 10.1 Å². The molecule has 116 valence electrons. The average molecular weight is 351 g/mol. The fourth-order valence-electron chi connectivity index (χ4n) is 2.07. The van der Waals surface area contributed by atoms with Crippen LogP contribution in [0, 0.1) is 0 Å². The van der Waals surface area contributed by atoms with E-state index in [0.29, 0.717) is 10.1 Å². The van der Waals surface area contributed by atoms with E-state index in [0.717, 1.165) is 17.0 Å². The number of fused-ring (bicyclic) bond motifs is 1. The number of pyridine rings is 1. The van der Waals surface area contributed by atoms with Gasteiger partial charge in [-0.3, -0.25) is 9.25 Å². The molecule has 3 aromatic heterocycles. The summed E-state index contributed by atoms with van der Waals surface area (Å²) in [5.74, 6) is -0.254. The van der Waals surface area contributed by atoms with Gasteiger partial charge in [-0.15, -0.1) is 0 Å². The highest BCUT2D eigenvalue weighted by Crippen LogP contribution is 2.37. The van der Waals surface area contributed by atoms with Crippen LogP contribution in [0.1, 0.15) is 0 Å². The summed E-state index contributed by atoms with van der Waals surface area (Å²) in [5, 5.41) is 14.3. The standard InChI is InChI=1S/C12H7Cl2F3N4O/c13-8-2-1-7-9(19-8)10(14)21(11(7)22)6-3-18-20(4-6)5-12(15,16)17/h1-4,22H,5H2. The van der Waals surface area contributed by atoms with E-state index in [-0.39, 0.29) is 27.4 Å². The molecule has 10 heteroatoms. The molecule has 0 saturated heterocycles. The minimum Gasteiger partial charge on any atom is -0.494 e. The third kappa shape index (κ3) is 2.59. The molecule has 0 aliphatic heterocycles. The van der Waals surface area contributed by atoms with Gasteiger partial charge >= 0.3 is 6.18 Å². The molecule has 0 fully saturated rings. The molecule has 0 spiro atoms. The van der Waals surface area contributed by atoms with E-state index in [1.165, 1.54) is 12.1 Å². The Labute approximate surface area is 131 Å². The molecule has 3 aromatic rings. The fourth-order valence-corrected chi connectivity index (χ4v) is 2.54. The van der Waals surface area contributed by atoms with Crippen LogP contribution in [-0.4, -0.2) is 30.6 Å². The van der Waals surface area contributed by atoms with Gasteiger partial charge in [-0.1, -0.05) is 23.2 Å². The van der Waals surface area contributed by atoms with Crippen LogP contribution in [0.4, 0.5) is 13.2 Å². The Morgan fingerprint density at radius 3 is 2.64 bits per heavy atom. The zero-order valence-corrected chi connectivity index (χ0v) is 12.2. The van der Waals surface area contributed by atoms with Gasteiger partial charge in [0, 0.05) is 6.20 Å². The summed E-state index contributed by atoms with van der Waals surface area (Å²) >= 11 is 11.9. The van der Waals surface area contributed by atoms with Gasteiger partial charge in [0.05, 0.1) is 17.3 Å². The first-order chi connectivity index (χ1) is 10.3. The van der Waals surface area contributed by atoms with Crippen molar-refractivity contribution in [3.05, 3.63) is 34.8 Å². The van der Waals surface area contributed by atoms with Crippen LogP contribution in [0.5, 0.6) is 5.88 Å². The molecular weight excluding hydrogens is 344 g/mol. The van der Waals surface area contributed by atoms with Crippen molar-refractivity contribution in [2.45, 2.75) is 12.7 Å². The number of hydrogen-bond acceptors (Lipinski definition) is 3. The minimum atomic E-state index is -4.40. The highest BCUT2D eigenvalue weighted by molar-refractivity contribution is 6.35. The van der Waals surface area contributed by atoms with Crippen molar-refractivity contribution in [2.24, 2.45) is 0 Å². The maximum absolute atomic E-state index is 12.4. The maximum atomic E-state index is 12.4. The molecule has 1 N–H and O–H groups in total. The molecular formula is C12H7Cl2F3N4O. The second kappa shape index (κ2) is 5.06. The van der Waals surface area contributed by atoms with Gasteiger partial charge in [0.1, 0.15) is 22.4 Å². The quantitative estimate of drug-likeness (QED) is 0.715. The zero-order chi connectivity index (χ0) is 16.1. The molecule has 0 aliphatic rings. The average Bonchev–Trinajstić information content (AvgIpc) is 2.92. The summed E-state index contributed by atoms with van der Waals surface area (Å²) in [6.45, 7) is -1.24. The maximum Gasteiger partial charge on any atom is 0.408 e. The summed E-state index contributed by atoms with van der Waals surface area (Å²) in [7, 11) is 0. The zero-order valence-electron chi connectivity index (χ0n) is 10.6. The van der Waals surface area contributed by atoms with E-state index in [9.17, 15) is 18.3 Å². The number of nitrogens with zero attached hydrogens (tertiary/aromatic N) is 4. The van der Waals surface area contributed by atoms with Crippen LogP contribution >= 0.6 is 23.2 Å². The largest absolute Gasteiger partial charge is 0.494 e. The number of alkyl halides is 3. The van der Waals surface area contributed by atoms with Crippen LogP contribution in [0.25, 0.3) is 16.6 Å². The van der Waals surface area contributed by atoms with Gasteiger partial charge in [-0.05, 0) is 12.1 Å². The second-order valence-electron chi connectivity index (χ2n) is 4.49. The van der Waals surface area contributed by atoms with E-state index >= 15 is 0 Å². The van der Waals surface area contributed by atoms with E-state index < -0.39 is 12.7 Å². The third-order valence-corrected chi connectivity index (χ3v) is 3.48. The molecule has 0 atom stereocenters. The molecule has 0 saturated carbocycles. The molecule has 0 aliphatic carbocycles. The Morgan fingerprint density at radius 1 is 1.23 bits per heavy atom. The smallest absolute Gasteiger partial charge is 0.408 e. The highest BCUT2D eigenvalue weighted by Gasteiger charge is 2.29. The Bertz CT molecular complexity index is 856. The number of halogens is 5. The van der Waals surface area contributed by atoms with Crippen molar-refractivity contribution in [1.82, 2.24) is 19.3 Å². The van der Waals surface area contributed by atoms with E-state index in [4.69, 9.17) is 23.2 Å². The van der Waals surface area contributed by atoms with Gasteiger partial charge in [-0.2, -0.15) is 18.3 Å². The first kappa shape index (κ1) is 15.0. The lowest BCUT2D eigenvalue weighted by molar-refractivity contribution is -0.142. The topological polar surface area (TPSA) is 55.9 Å². The predicted octanol–water partition coefficient (Wildman–Crippen LogP) is 3.80. The van der Waals surface area contributed by atoms with Gasteiger partial charge in [0.2, 0.25) is 5.88 Å². The Morgan fingerprint density at radius 2 is 1.95 bits per heavy atom. The summed E-state index contributed by atoms with van der Waals surface area (Å²) in [5.41, 5.74) is 0.427. The van der Waals surface area contributed by atoms with Crippen LogP contribution in [0.15, 0.2) is 24.5 Å². The molecule has 22 heavy (non-hydrogen) atoms. The molecule has 0 amide bonds.